The Morgan fingerprint density at radius 3 is 2.33 bits per heavy atom. The van der Waals surface area contributed by atoms with Crippen molar-refractivity contribution in [3.05, 3.63) is 64.1 Å². The first kappa shape index (κ1) is 15.6. The lowest BCUT2D eigenvalue weighted by Gasteiger charge is -2.13. The zero-order valence-electron chi connectivity index (χ0n) is 10.9. The van der Waals surface area contributed by atoms with Crippen molar-refractivity contribution in [3.8, 4) is 0 Å². The van der Waals surface area contributed by atoms with Crippen LogP contribution in [0.1, 0.15) is 5.56 Å². The standard InChI is InChI=1S/C15H13BrF2N2O/c16-10-7-11(17)14(12(18)8-10)20-15(21)13(19)6-9-4-2-1-3-5-9/h1-5,7-8,13H,6,19H2,(H,20,21)/t13-/m0/s1. The molecule has 0 aliphatic rings. The van der Waals surface area contributed by atoms with Gasteiger partial charge in [-0.05, 0) is 24.1 Å². The van der Waals surface area contributed by atoms with Gasteiger partial charge in [-0.2, -0.15) is 0 Å². The fourth-order valence-electron chi connectivity index (χ4n) is 1.84. The molecule has 3 nitrogen and oxygen atoms in total. The number of hydrogen-bond acceptors (Lipinski definition) is 2. The summed E-state index contributed by atoms with van der Waals surface area (Å²) in [6.45, 7) is 0. The molecule has 0 heterocycles. The molecule has 0 spiro atoms. The van der Waals surface area contributed by atoms with Crippen molar-refractivity contribution < 1.29 is 13.6 Å². The number of rotatable bonds is 4. The summed E-state index contributed by atoms with van der Waals surface area (Å²) in [6.07, 6.45) is 0.284. The van der Waals surface area contributed by atoms with Crippen molar-refractivity contribution in [2.75, 3.05) is 5.32 Å². The van der Waals surface area contributed by atoms with E-state index in [0.717, 1.165) is 17.7 Å². The number of carbonyl (C=O) groups excluding carboxylic acids is 1. The maximum absolute atomic E-state index is 13.6. The number of anilines is 1. The van der Waals surface area contributed by atoms with Crippen LogP contribution in [0.25, 0.3) is 0 Å². The van der Waals surface area contributed by atoms with Crippen molar-refractivity contribution in [1.82, 2.24) is 0 Å². The summed E-state index contributed by atoms with van der Waals surface area (Å²) in [5, 5.41) is 2.19. The molecule has 1 atom stereocenters. The number of hydrogen-bond donors (Lipinski definition) is 2. The smallest absolute Gasteiger partial charge is 0.241 e. The minimum absolute atomic E-state index is 0.254. The second kappa shape index (κ2) is 6.78. The Balaban J connectivity index is 2.08. The van der Waals surface area contributed by atoms with E-state index in [1.807, 2.05) is 30.3 Å². The van der Waals surface area contributed by atoms with Gasteiger partial charge in [0.25, 0.3) is 0 Å². The highest BCUT2D eigenvalue weighted by molar-refractivity contribution is 9.10. The molecule has 6 heteroatoms. The second-order valence-electron chi connectivity index (χ2n) is 4.53. The van der Waals surface area contributed by atoms with Gasteiger partial charge in [-0.1, -0.05) is 46.3 Å². The molecule has 110 valence electrons. The molecule has 0 fully saturated rings. The van der Waals surface area contributed by atoms with Gasteiger partial charge in [0.15, 0.2) is 11.6 Å². The molecule has 0 saturated heterocycles. The number of amides is 1. The van der Waals surface area contributed by atoms with E-state index in [0.29, 0.717) is 0 Å². The third kappa shape index (κ3) is 4.09. The lowest BCUT2D eigenvalue weighted by atomic mass is 10.1. The highest BCUT2D eigenvalue weighted by atomic mass is 79.9. The maximum Gasteiger partial charge on any atom is 0.241 e. The summed E-state index contributed by atoms with van der Waals surface area (Å²) in [6, 6.07) is 10.4. The summed E-state index contributed by atoms with van der Waals surface area (Å²) in [5.41, 5.74) is 6.14. The van der Waals surface area contributed by atoms with E-state index < -0.39 is 29.3 Å². The van der Waals surface area contributed by atoms with Gasteiger partial charge in [0.2, 0.25) is 5.91 Å². The van der Waals surface area contributed by atoms with E-state index in [2.05, 4.69) is 21.2 Å². The topological polar surface area (TPSA) is 55.1 Å². The first-order valence-electron chi connectivity index (χ1n) is 6.22. The van der Waals surface area contributed by atoms with Crippen LogP contribution in [-0.4, -0.2) is 11.9 Å². The van der Waals surface area contributed by atoms with Gasteiger partial charge in [-0.25, -0.2) is 8.78 Å². The molecule has 0 bridgehead atoms. The van der Waals surface area contributed by atoms with Crippen molar-refractivity contribution in [1.29, 1.82) is 0 Å². The first-order chi connectivity index (χ1) is 9.97. The van der Waals surface area contributed by atoms with Crippen LogP contribution in [-0.2, 0) is 11.2 Å². The van der Waals surface area contributed by atoms with Crippen LogP contribution in [0, 0.1) is 11.6 Å². The third-order valence-electron chi connectivity index (χ3n) is 2.89. The van der Waals surface area contributed by atoms with E-state index in [-0.39, 0.29) is 10.9 Å². The Morgan fingerprint density at radius 2 is 1.76 bits per heavy atom. The fraction of sp³-hybridized carbons (Fsp3) is 0.133. The monoisotopic (exact) mass is 354 g/mol. The van der Waals surface area contributed by atoms with E-state index in [9.17, 15) is 13.6 Å². The lowest BCUT2D eigenvalue weighted by Crippen LogP contribution is -2.37. The number of benzene rings is 2. The minimum atomic E-state index is -0.894. The molecule has 2 rings (SSSR count). The van der Waals surface area contributed by atoms with Gasteiger partial charge < -0.3 is 11.1 Å². The van der Waals surface area contributed by atoms with Crippen molar-refractivity contribution in [3.63, 3.8) is 0 Å². The van der Waals surface area contributed by atoms with Gasteiger partial charge in [0.05, 0.1) is 6.04 Å². The molecule has 0 radical (unpaired) electrons. The SMILES string of the molecule is N[C@@H](Cc1ccccc1)C(=O)Nc1c(F)cc(Br)cc1F. The van der Waals surface area contributed by atoms with Crippen LogP contribution in [0.2, 0.25) is 0 Å². The maximum atomic E-state index is 13.6. The Bertz CT molecular complexity index is 626. The first-order valence-corrected chi connectivity index (χ1v) is 7.01. The van der Waals surface area contributed by atoms with Gasteiger partial charge in [0, 0.05) is 4.47 Å². The summed E-state index contributed by atoms with van der Waals surface area (Å²) >= 11 is 2.97. The predicted octanol–water partition coefficient (Wildman–Crippen LogP) is 3.24. The van der Waals surface area contributed by atoms with Crippen molar-refractivity contribution in [2.45, 2.75) is 12.5 Å². The van der Waals surface area contributed by atoms with Crippen LogP contribution in [0.15, 0.2) is 46.9 Å². The summed E-state index contributed by atoms with van der Waals surface area (Å²) < 4.78 is 27.5. The van der Waals surface area contributed by atoms with E-state index >= 15 is 0 Å². The van der Waals surface area contributed by atoms with Crippen LogP contribution in [0.3, 0.4) is 0 Å². The molecule has 0 aromatic heterocycles. The fourth-order valence-corrected chi connectivity index (χ4v) is 2.24. The van der Waals surface area contributed by atoms with Gasteiger partial charge in [-0.3, -0.25) is 4.79 Å². The lowest BCUT2D eigenvalue weighted by molar-refractivity contribution is -0.117. The average Bonchev–Trinajstić information content (AvgIpc) is 2.43. The second-order valence-corrected chi connectivity index (χ2v) is 5.45. The Morgan fingerprint density at radius 1 is 1.19 bits per heavy atom. The third-order valence-corrected chi connectivity index (χ3v) is 3.35. The molecule has 0 aliphatic carbocycles. The molecule has 2 aromatic rings. The largest absolute Gasteiger partial charge is 0.320 e. The minimum Gasteiger partial charge on any atom is -0.320 e. The average molecular weight is 355 g/mol. The van der Waals surface area contributed by atoms with E-state index in [4.69, 9.17) is 5.73 Å². The molecular weight excluding hydrogens is 342 g/mol. The van der Waals surface area contributed by atoms with Crippen molar-refractivity contribution >= 4 is 27.5 Å². The van der Waals surface area contributed by atoms with Crippen LogP contribution >= 0.6 is 15.9 Å². The molecule has 0 saturated carbocycles. The molecule has 0 unspecified atom stereocenters. The summed E-state index contributed by atoms with van der Waals surface area (Å²) in [5.74, 6) is -2.36. The Hall–Kier alpha value is -1.79. The summed E-state index contributed by atoms with van der Waals surface area (Å²) in [7, 11) is 0. The number of halogens is 3. The van der Waals surface area contributed by atoms with Crippen molar-refractivity contribution in [2.24, 2.45) is 5.73 Å². The highest BCUT2D eigenvalue weighted by Gasteiger charge is 2.18. The zero-order chi connectivity index (χ0) is 15.4. The Labute approximate surface area is 129 Å². The normalized spacial score (nSPS) is 12.0. The molecular formula is C15H13BrF2N2O. The van der Waals surface area contributed by atoms with E-state index in [1.165, 1.54) is 0 Å². The summed E-state index contributed by atoms with van der Waals surface area (Å²) in [4.78, 5) is 11.9. The molecule has 21 heavy (non-hydrogen) atoms. The predicted molar refractivity (Wildman–Crippen MR) is 80.8 cm³/mol. The quantitative estimate of drug-likeness (QED) is 0.885. The van der Waals surface area contributed by atoms with Gasteiger partial charge >= 0.3 is 0 Å². The number of carbonyl (C=O) groups is 1. The highest BCUT2D eigenvalue weighted by Crippen LogP contribution is 2.23. The van der Waals surface area contributed by atoms with Crippen LogP contribution in [0.5, 0.6) is 0 Å². The van der Waals surface area contributed by atoms with Crippen LogP contribution < -0.4 is 11.1 Å². The molecule has 3 N–H and O–H groups in total. The van der Waals surface area contributed by atoms with Gasteiger partial charge in [0.1, 0.15) is 5.69 Å². The molecule has 2 aromatic carbocycles. The van der Waals surface area contributed by atoms with Crippen LogP contribution in [0.4, 0.5) is 14.5 Å². The molecule has 1 amide bonds. The Kier molecular flexibility index (Phi) is 5.03. The number of nitrogens with two attached hydrogens (primary N) is 1. The van der Waals surface area contributed by atoms with Gasteiger partial charge in [-0.15, -0.1) is 0 Å². The molecule has 0 aliphatic heterocycles. The van der Waals surface area contributed by atoms with E-state index in [1.54, 1.807) is 0 Å². The number of nitrogens with one attached hydrogen (secondary N) is 1. The zero-order valence-corrected chi connectivity index (χ0v) is 12.5.